The quantitative estimate of drug-likeness (QED) is 0.281. The number of benzene rings is 2. The van der Waals surface area contributed by atoms with Gasteiger partial charge in [-0.15, -0.1) is 24.0 Å². The second-order valence-electron chi connectivity index (χ2n) is 6.65. The fourth-order valence-electron chi connectivity index (χ4n) is 3.26. The van der Waals surface area contributed by atoms with Gasteiger partial charge in [0, 0.05) is 38.3 Å². The van der Waals surface area contributed by atoms with Crippen molar-refractivity contribution in [2.24, 2.45) is 4.99 Å². The molecule has 0 saturated heterocycles. The molecule has 28 heavy (non-hydrogen) atoms. The van der Waals surface area contributed by atoms with Gasteiger partial charge < -0.3 is 15.5 Å². The summed E-state index contributed by atoms with van der Waals surface area (Å²) in [6, 6.07) is 17.9. The van der Waals surface area contributed by atoms with Crippen molar-refractivity contribution in [1.82, 2.24) is 15.5 Å². The summed E-state index contributed by atoms with van der Waals surface area (Å²) in [4.78, 5) is 19.1. The molecule has 6 heteroatoms. The molecule has 2 aromatic rings. The third kappa shape index (κ3) is 6.22. The van der Waals surface area contributed by atoms with Crippen molar-refractivity contribution in [3.8, 4) is 0 Å². The predicted molar refractivity (Wildman–Crippen MR) is 125 cm³/mol. The molecule has 0 fully saturated rings. The summed E-state index contributed by atoms with van der Waals surface area (Å²) in [5.74, 6) is 0.931. The Hall–Kier alpha value is -2.09. The summed E-state index contributed by atoms with van der Waals surface area (Å²) in [7, 11) is 0. The van der Waals surface area contributed by atoms with Gasteiger partial charge in [0.15, 0.2) is 5.96 Å². The molecule has 0 bridgehead atoms. The van der Waals surface area contributed by atoms with Gasteiger partial charge in [0.1, 0.15) is 0 Å². The maximum absolute atomic E-state index is 12.0. The number of hydrogen-bond acceptors (Lipinski definition) is 2. The number of halogens is 1. The molecule has 0 atom stereocenters. The van der Waals surface area contributed by atoms with E-state index < -0.39 is 0 Å². The Labute approximate surface area is 184 Å². The molecule has 0 unspecified atom stereocenters. The van der Waals surface area contributed by atoms with Crippen LogP contribution < -0.4 is 10.6 Å². The SMILES string of the molecule is CCNC(=NCCCNC(=O)c1ccccc1)N1CCc2ccccc2C1.I. The minimum atomic E-state index is -0.0286. The number of aliphatic imine (C=N–C) groups is 1. The normalized spacial score (nSPS) is 13.3. The number of rotatable bonds is 6. The number of amides is 1. The van der Waals surface area contributed by atoms with Crippen LogP contribution in [0.3, 0.4) is 0 Å². The lowest BCUT2D eigenvalue weighted by Crippen LogP contribution is -2.44. The number of carbonyl (C=O) groups excluding carboxylic acids is 1. The standard InChI is InChI=1S/C22H28N4O.HI/c1-2-23-22(26-16-13-18-9-6-7-12-20(18)17-26)25-15-8-14-24-21(27)19-10-4-3-5-11-19;/h3-7,9-12H,2,8,13-17H2,1H3,(H,23,25)(H,24,27);1H. The highest BCUT2D eigenvalue weighted by Crippen LogP contribution is 2.18. The molecule has 3 rings (SSSR count). The van der Waals surface area contributed by atoms with Crippen molar-refractivity contribution < 1.29 is 4.79 Å². The fraction of sp³-hybridized carbons (Fsp3) is 0.364. The van der Waals surface area contributed by atoms with Crippen LogP contribution in [0.4, 0.5) is 0 Å². The molecule has 1 aliphatic rings. The molecule has 0 aromatic heterocycles. The van der Waals surface area contributed by atoms with Crippen LogP contribution in [-0.2, 0) is 13.0 Å². The lowest BCUT2D eigenvalue weighted by Gasteiger charge is -2.31. The maximum atomic E-state index is 12.0. The number of nitrogens with one attached hydrogen (secondary N) is 2. The van der Waals surface area contributed by atoms with Gasteiger partial charge >= 0.3 is 0 Å². The first-order valence-electron chi connectivity index (χ1n) is 9.71. The number of fused-ring (bicyclic) bond motifs is 1. The second kappa shape index (κ2) is 11.7. The maximum Gasteiger partial charge on any atom is 0.251 e. The third-order valence-electron chi connectivity index (χ3n) is 4.68. The van der Waals surface area contributed by atoms with E-state index in [9.17, 15) is 4.79 Å². The minimum absolute atomic E-state index is 0. The summed E-state index contributed by atoms with van der Waals surface area (Å²) < 4.78 is 0. The topological polar surface area (TPSA) is 56.7 Å². The largest absolute Gasteiger partial charge is 0.357 e. The number of guanidine groups is 1. The number of hydrogen-bond donors (Lipinski definition) is 2. The van der Waals surface area contributed by atoms with E-state index in [-0.39, 0.29) is 29.9 Å². The summed E-state index contributed by atoms with van der Waals surface area (Å²) >= 11 is 0. The Morgan fingerprint density at radius 3 is 2.50 bits per heavy atom. The minimum Gasteiger partial charge on any atom is -0.357 e. The number of nitrogens with zero attached hydrogens (tertiary/aromatic N) is 2. The molecule has 0 saturated carbocycles. The van der Waals surface area contributed by atoms with E-state index in [4.69, 9.17) is 4.99 Å². The zero-order valence-electron chi connectivity index (χ0n) is 16.4. The van der Waals surface area contributed by atoms with Gasteiger partial charge in [0.2, 0.25) is 0 Å². The molecule has 2 N–H and O–H groups in total. The summed E-state index contributed by atoms with van der Waals surface area (Å²) in [5, 5.41) is 6.35. The van der Waals surface area contributed by atoms with Crippen LogP contribution >= 0.6 is 24.0 Å². The highest BCUT2D eigenvalue weighted by molar-refractivity contribution is 14.0. The van der Waals surface area contributed by atoms with Gasteiger partial charge in [-0.25, -0.2) is 0 Å². The first-order chi connectivity index (χ1) is 13.3. The van der Waals surface area contributed by atoms with Crippen molar-refractivity contribution in [1.29, 1.82) is 0 Å². The van der Waals surface area contributed by atoms with E-state index in [1.807, 2.05) is 30.3 Å². The van der Waals surface area contributed by atoms with E-state index in [1.54, 1.807) is 0 Å². The van der Waals surface area contributed by atoms with Crippen LogP contribution in [-0.4, -0.2) is 42.9 Å². The first kappa shape index (κ1) is 22.2. The molecule has 2 aromatic carbocycles. The van der Waals surface area contributed by atoms with Gasteiger partial charge in [0.05, 0.1) is 0 Å². The van der Waals surface area contributed by atoms with Crippen molar-refractivity contribution in [2.75, 3.05) is 26.2 Å². The molecule has 1 aliphatic heterocycles. The second-order valence-corrected chi connectivity index (χ2v) is 6.65. The highest BCUT2D eigenvalue weighted by Gasteiger charge is 2.18. The molecular formula is C22H29IN4O. The van der Waals surface area contributed by atoms with E-state index in [0.717, 1.165) is 38.4 Å². The molecule has 1 amide bonds. The van der Waals surface area contributed by atoms with E-state index in [0.29, 0.717) is 18.7 Å². The van der Waals surface area contributed by atoms with E-state index in [2.05, 4.69) is 46.7 Å². The van der Waals surface area contributed by atoms with Crippen molar-refractivity contribution in [3.05, 3.63) is 71.3 Å². The molecule has 0 spiro atoms. The van der Waals surface area contributed by atoms with Gasteiger partial charge in [-0.05, 0) is 43.0 Å². The van der Waals surface area contributed by atoms with Crippen LogP contribution in [0.15, 0.2) is 59.6 Å². The zero-order chi connectivity index (χ0) is 18.9. The lowest BCUT2D eigenvalue weighted by molar-refractivity contribution is 0.0953. The van der Waals surface area contributed by atoms with Crippen molar-refractivity contribution >= 4 is 35.8 Å². The summed E-state index contributed by atoms with van der Waals surface area (Å²) in [5.41, 5.74) is 3.51. The van der Waals surface area contributed by atoms with E-state index in [1.165, 1.54) is 11.1 Å². The Kier molecular flexibility index (Phi) is 9.27. The first-order valence-corrected chi connectivity index (χ1v) is 9.71. The fourth-order valence-corrected chi connectivity index (χ4v) is 3.26. The van der Waals surface area contributed by atoms with Crippen LogP contribution in [0, 0.1) is 0 Å². The van der Waals surface area contributed by atoms with Crippen LogP contribution in [0.2, 0.25) is 0 Å². The Bertz CT molecular complexity index is 779. The molecule has 0 aliphatic carbocycles. The lowest BCUT2D eigenvalue weighted by atomic mass is 10.0. The van der Waals surface area contributed by atoms with Gasteiger partial charge in [-0.2, -0.15) is 0 Å². The van der Waals surface area contributed by atoms with Crippen LogP contribution in [0.25, 0.3) is 0 Å². The van der Waals surface area contributed by atoms with E-state index >= 15 is 0 Å². The molecule has 1 heterocycles. The Morgan fingerprint density at radius 2 is 1.75 bits per heavy atom. The number of carbonyl (C=O) groups is 1. The summed E-state index contributed by atoms with van der Waals surface area (Å²) in [6.07, 6.45) is 1.87. The zero-order valence-corrected chi connectivity index (χ0v) is 18.7. The van der Waals surface area contributed by atoms with Crippen molar-refractivity contribution in [3.63, 3.8) is 0 Å². The van der Waals surface area contributed by atoms with Gasteiger partial charge in [0.25, 0.3) is 5.91 Å². The highest BCUT2D eigenvalue weighted by atomic mass is 127. The van der Waals surface area contributed by atoms with Crippen LogP contribution in [0.5, 0.6) is 0 Å². The summed E-state index contributed by atoms with van der Waals surface area (Å²) in [6.45, 7) is 6.13. The van der Waals surface area contributed by atoms with Gasteiger partial charge in [-0.1, -0.05) is 42.5 Å². The average Bonchev–Trinajstić information content (AvgIpc) is 2.73. The smallest absolute Gasteiger partial charge is 0.251 e. The molecule has 150 valence electrons. The third-order valence-corrected chi connectivity index (χ3v) is 4.68. The monoisotopic (exact) mass is 492 g/mol. The van der Waals surface area contributed by atoms with Crippen molar-refractivity contribution in [2.45, 2.75) is 26.3 Å². The predicted octanol–water partition coefficient (Wildman–Crippen LogP) is 3.45. The molecule has 0 radical (unpaired) electrons. The van der Waals surface area contributed by atoms with Crippen LogP contribution in [0.1, 0.15) is 34.8 Å². The molecule has 5 nitrogen and oxygen atoms in total. The Morgan fingerprint density at radius 1 is 1.04 bits per heavy atom. The molecular weight excluding hydrogens is 463 g/mol. The van der Waals surface area contributed by atoms with Gasteiger partial charge in [-0.3, -0.25) is 9.79 Å². The Balaban J connectivity index is 0.00000280. The average molecular weight is 492 g/mol.